The fraction of sp³-hybridized carbons (Fsp3) is 0.267. The summed E-state index contributed by atoms with van der Waals surface area (Å²) in [4.78, 5) is 20.8. The van der Waals surface area contributed by atoms with Crippen LogP contribution in [-0.2, 0) is 16.0 Å². The maximum Gasteiger partial charge on any atom is 0.340 e. The number of esters is 1. The molecule has 0 aliphatic carbocycles. The van der Waals surface area contributed by atoms with Crippen molar-refractivity contribution < 1.29 is 19.0 Å². The second kappa shape index (κ2) is 9.84. The summed E-state index contributed by atoms with van der Waals surface area (Å²) in [6.45, 7) is 6.15. The number of para-hydroxylation sites is 1. The summed E-state index contributed by atoms with van der Waals surface area (Å²) in [6, 6.07) is 20.1. The highest BCUT2D eigenvalue weighted by Crippen LogP contribution is 2.39. The maximum atomic E-state index is 13.3. The van der Waals surface area contributed by atoms with Crippen LogP contribution in [0.5, 0.6) is 5.75 Å². The molecule has 1 aliphatic heterocycles. The molecule has 5 aromatic rings. The van der Waals surface area contributed by atoms with Gasteiger partial charge in [-0.15, -0.1) is 0 Å². The minimum absolute atomic E-state index is 0.309. The number of carbonyl (C=O) groups excluding carboxylic acids is 1. The minimum Gasteiger partial charge on any atom is -0.496 e. The highest BCUT2D eigenvalue weighted by molar-refractivity contribution is 6.22. The summed E-state index contributed by atoms with van der Waals surface area (Å²) in [5.74, 6) is 0.519. The Bertz CT molecular complexity index is 1620. The summed E-state index contributed by atoms with van der Waals surface area (Å²) < 4.78 is 18.8. The van der Waals surface area contributed by atoms with Gasteiger partial charge in [-0.1, -0.05) is 24.3 Å². The first kappa shape index (κ1) is 23.5. The molecule has 6 rings (SSSR count). The SMILES string of the molecule is CCOC(=O)c1c2c3ccccc3nc(-c3ccc(OC)c(CN4CCOCC4)c3)c2n2ccccc12. The van der Waals surface area contributed by atoms with Crippen LogP contribution in [0, 0.1) is 0 Å². The predicted octanol–water partition coefficient (Wildman–Crippen LogP) is 5.33. The van der Waals surface area contributed by atoms with E-state index in [1.807, 2.05) is 67.7 Å². The molecule has 0 unspecified atom stereocenters. The molecule has 0 N–H and O–H groups in total. The second-order valence-electron chi connectivity index (χ2n) is 9.17. The molecule has 1 fully saturated rings. The predicted molar refractivity (Wildman–Crippen MR) is 144 cm³/mol. The average molecular weight is 496 g/mol. The molecule has 7 heteroatoms. The van der Waals surface area contributed by atoms with Gasteiger partial charge in [0.1, 0.15) is 5.75 Å². The third kappa shape index (κ3) is 4.10. The van der Waals surface area contributed by atoms with Crippen molar-refractivity contribution in [2.24, 2.45) is 0 Å². The third-order valence-corrected chi connectivity index (χ3v) is 7.00. The number of nitrogens with zero attached hydrogens (tertiary/aromatic N) is 3. The topological polar surface area (TPSA) is 65.3 Å². The van der Waals surface area contributed by atoms with Crippen LogP contribution in [0.4, 0.5) is 0 Å². The van der Waals surface area contributed by atoms with E-state index in [2.05, 4.69) is 15.4 Å². The molecule has 188 valence electrons. The maximum absolute atomic E-state index is 13.3. The molecule has 7 nitrogen and oxygen atoms in total. The lowest BCUT2D eigenvalue weighted by atomic mass is 10.0. The van der Waals surface area contributed by atoms with Gasteiger partial charge in [-0.05, 0) is 43.3 Å². The van der Waals surface area contributed by atoms with Crippen molar-refractivity contribution in [2.45, 2.75) is 13.5 Å². The molecular weight excluding hydrogens is 466 g/mol. The van der Waals surface area contributed by atoms with Crippen molar-refractivity contribution >= 4 is 33.3 Å². The zero-order chi connectivity index (χ0) is 25.4. The zero-order valence-electron chi connectivity index (χ0n) is 21.1. The van der Waals surface area contributed by atoms with Gasteiger partial charge in [0.2, 0.25) is 0 Å². The lowest BCUT2D eigenvalue weighted by Crippen LogP contribution is -2.35. The standard InChI is InChI=1S/C30H29N3O4/c1-3-37-30(34)27-24-10-6-7-13-33(24)29-26(27)22-8-4-5-9-23(22)31-28(29)20-11-12-25(35-2)21(18-20)19-32-14-16-36-17-15-32/h4-13,18H,3,14-17,19H2,1-2H3. The number of morpholine rings is 1. The molecule has 0 spiro atoms. The van der Waals surface area contributed by atoms with Crippen LogP contribution >= 0.6 is 0 Å². The smallest absolute Gasteiger partial charge is 0.340 e. The van der Waals surface area contributed by atoms with Crippen LogP contribution < -0.4 is 4.74 Å². The van der Waals surface area contributed by atoms with Crippen molar-refractivity contribution in [2.75, 3.05) is 40.0 Å². The summed E-state index contributed by atoms with van der Waals surface area (Å²) in [7, 11) is 1.70. The van der Waals surface area contributed by atoms with E-state index >= 15 is 0 Å². The van der Waals surface area contributed by atoms with Crippen molar-refractivity contribution in [3.63, 3.8) is 0 Å². The number of pyridine rings is 2. The van der Waals surface area contributed by atoms with Crippen LogP contribution in [0.2, 0.25) is 0 Å². The second-order valence-corrected chi connectivity index (χ2v) is 9.17. The van der Waals surface area contributed by atoms with Crippen LogP contribution in [0.3, 0.4) is 0 Å². The number of fused-ring (bicyclic) bond motifs is 5. The first-order valence-corrected chi connectivity index (χ1v) is 12.7. The third-order valence-electron chi connectivity index (χ3n) is 7.00. The number of aromatic nitrogens is 2. The number of carbonyl (C=O) groups is 1. The van der Waals surface area contributed by atoms with E-state index in [9.17, 15) is 4.79 Å². The first-order valence-electron chi connectivity index (χ1n) is 12.7. The minimum atomic E-state index is -0.328. The average Bonchev–Trinajstić information content (AvgIpc) is 3.29. The Morgan fingerprint density at radius 3 is 2.68 bits per heavy atom. The van der Waals surface area contributed by atoms with E-state index in [-0.39, 0.29) is 5.97 Å². The van der Waals surface area contributed by atoms with E-state index in [1.54, 1.807) is 7.11 Å². The Balaban J connectivity index is 1.63. The van der Waals surface area contributed by atoms with Gasteiger partial charge < -0.3 is 18.6 Å². The molecule has 1 aliphatic rings. The van der Waals surface area contributed by atoms with E-state index < -0.39 is 0 Å². The molecular formula is C30H29N3O4. The summed E-state index contributed by atoms with van der Waals surface area (Å²) >= 11 is 0. The van der Waals surface area contributed by atoms with Crippen LogP contribution in [0.25, 0.3) is 38.6 Å². The Labute approximate surface area is 215 Å². The molecule has 0 amide bonds. The van der Waals surface area contributed by atoms with Gasteiger partial charge in [-0.3, -0.25) is 4.90 Å². The Kier molecular flexibility index (Phi) is 6.24. The van der Waals surface area contributed by atoms with Crippen molar-refractivity contribution in [1.29, 1.82) is 0 Å². The fourth-order valence-corrected chi connectivity index (χ4v) is 5.32. The van der Waals surface area contributed by atoms with Gasteiger partial charge in [0.05, 0.1) is 54.7 Å². The van der Waals surface area contributed by atoms with E-state index in [4.69, 9.17) is 19.2 Å². The summed E-state index contributed by atoms with van der Waals surface area (Å²) in [5.41, 5.74) is 5.97. The zero-order valence-corrected chi connectivity index (χ0v) is 21.1. The van der Waals surface area contributed by atoms with Crippen molar-refractivity contribution in [1.82, 2.24) is 14.3 Å². The molecule has 4 heterocycles. The van der Waals surface area contributed by atoms with Gasteiger partial charge in [0.25, 0.3) is 0 Å². The van der Waals surface area contributed by atoms with Crippen molar-refractivity contribution in [3.8, 4) is 17.0 Å². The Morgan fingerprint density at radius 1 is 1.05 bits per heavy atom. The number of rotatable bonds is 6. The lowest BCUT2D eigenvalue weighted by molar-refractivity contribution is 0.0339. The number of benzene rings is 2. The first-order chi connectivity index (χ1) is 18.2. The number of hydrogen-bond acceptors (Lipinski definition) is 6. The highest BCUT2D eigenvalue weighted by atomic mass is 16.5. The van der Waals surface area contributed by atoms with E-state index in [0.717, 1.165) is 82.7 Å². The van der Waals surface area contributed by atoms with Crippen molar-refractivity contribution in [3.05, 3.63) is 78.0 Å². The van der Waals surface area contributed by atoms with Crippen LogP contribution in [0.15, 0.2) is 66.9 Å². The molecule has 37 heavy (non-hydrogen) atoms. The number of ether oxygens (including phenoxy) is 3. The van der Waals surface area contributed by atoms with Crippen LogP contribution in [-0.4, -0.2) is 60.3 Å². The normalized spacial score (nSPS) is 14.4. The Morgan fingerprint density at radius 2 is 1.86 bits per heavy atom. The lowest BCUT2D eigenvalue weighted by Gasteiger charge is -2.27. The number of methoxy groups -OCH3 is 1. The monoisotopic (exact) mass is 495 g/mol. The highest BCUT2D eigenvalue weighted by Gasteiger charge is 2.25. The van der Waals surface area contributed by atoms with Gasteiger partial charge in [-0.25, -0.2) is 9.78 Å². The molecule has 3 aromatic heterocycles. The van der Waals surface area contributed by atoms with Gasteiger partial charge in [-0.2, -0.15) is 0 Å². The van der Waals surface area contributed by atoms with Gasteiger partial charge in [0.15, 0.2) is 0 Å². The molecule has 0 saturated carbocycles. The molecule has 0 radical (unpaired) electrons. The Hall–Kier alpha value is -3.94. The molecule has 0 bridgehead atoms. The summed E-state index contributed by atoms with van der Waals surface area (Å²) in [5, 5.41) is 1.78. The quantitative estimate of drug-likeness (QED) is 0.297. The number of hydrogen-bond donors (Lipinski definition) is 0. The fourth-order valence-electron chi connectivity index (χ4n) is 5.32. The van der Waals surface area contributed by atoms with Gasteiger partial charge >= 0.3 is 5.97 Å². The molecule has 1 saturated heterocycles. The van der Waals surface area contributed by atoms with E-state index in [1.165, 1.54) is 0 Å². The van der Waals surface area contributed by atoms with E-state index in [0.29, 0.717) is 12.2 Å². The molecule has 2 aromatic carbocycles. The van der Waals surface area contributed by atoms with Gasteiger partial charge in [0, 0.05) is 47.7 Å². The van der Waals surface area contributed by atoms with Crippen LogP contribution in [0.1, 0.15) is 22.8 Å². The molecule has 0 atom stereocenters. The largest absolute Gasteiger partial charge is 0.496 e. The summed E-state index contributed by atoms with van der Waals surface area (Å²) in [6.07, 6.45) is 1.98.